The molecule has 7 heteroatoms. The van der Waals surface area contributed by atoms with Crippen LogP contribution < -0.4 is 4.74 Å². The standard InChI is InChI=1S/C24H24FNO4S/c1-18-5-8-23(9-6-18)31(27,28)26-11-12-30-24-10-7-20(13-21(24)15-26)17-29-16-19-3-2-4-22(25)14-19/h2-10,13-14H,11-12,15-17H2,1H3. The van der Waals surface area contributed by atoms with Gasteiger partial charge in [-0.15, -0.1) is 0 Å². The fraction of sp³-hybridized carbons (Fsp3) is 0.250. The lowest BCUT2D eigenvalue weighted by molar-refractivity contribution is 0.107. The molecule has 0 bridgehead atoms. The Balaban J connectivity index is 1.48. The third-order valence-electron chi connectivity index (χ3n) is 5.16. The average molecular weight is 442 g/mol. The third kappa shape index (κ3) is 5.12. The fourth-order valence-corrected chi connectivity index (χ4v) is 4.89. The van der Waals surface area contributed by atoms with E-state index in [4.69, 9.17) is 9.47 Å². The highest BCUT2D eigenvalue weighted by Crippen LogP contribution is 2.28. The maximum absolute atomic E-state index is 13.3. The molecule has 0 N–H and O–H groups in total. The molecule has 5 nitrogen and oxygen atoms in total. The van der Waals surface area contributed by atoms with Gasteiger partial charge < -0.3 is 9.47 Å². The van der Waals surface area contributed by atoms with Gasteiger partial charge in [-0.05, 0) is 54.4 Å². The second kappa shape index (κ2) is 9.18. The Morgan fingerprint density at radius 2 is 1.74 bits per heavy atom. The van der Waals surface area contributed by atoms with Gasteiger partial charge in [0.15, 0.2) is 0 Å². The summed E-state index contributed by atoms with van der Waals surface area (Å²) in [4.78, 5) is 0.274. The minimum Gasteiger partial charge on any atom is -0.492 e. The lowest BCUT2D eigenvalue weighted by atomic mass is 10.1. The monoisotopic (exact) mass is 441 g/mol. The van der Waals surface area contributed by atoms with Gasteiger partial charge >= 0.3 is 0 Å². The van der Waals surface area contributed by atoms with Crippen molar-refractivity contribution in [3.8, 4) is 5.75 Å². The van der Waals surface area contributed by atoms with Crippen LogP contribution in [0.2, 0.25) is 0 Å². The minimum absolute atomic E-state index is 0.225. The summed E-state index contributed by atoms with van der Waals surface area (Å²) in [6.07, 6.45) is 0. The Kier molecular flexibility index (Phi) is 6.36. The topological polar surface area (TPSA) is 55.8 Å². The summed E-state index contributed by atoms with van der Waals surface area (Å²) in [5.74, 6) is 0.383. The number of nitrogens with zero attached hydrogens (tertiary/aromatic N) is 1. The smallest absolute Gasteiger partial charge is 0.243 e. The Labute approximate surface area is 182 Å². The van der Waals surface area contributed by atoms with Crippen LogP contribution in [0.25, 0.3) is 0 Å². The van der Waals surface area contributed by atoms with Gasteiger partial charge in [-0.3, -0.25) is 0 Å². The Hall–Kier alpha value is -2.74. The van der Waals surface area contributed by atoms with E-state index < -0.39 is 10.0 Å². The molecule has 3 aromatic carbocycles. The zero-order valence-corrected chi connectivity index (χ0v) is 18.1. The Morgan fingerprint density at radius 1 is 1.00 bits per heavy atom. The SMILES string of the molecule is Cc1ccc(S(=O)(=O)N2CCOc3ccc(COCc4cccc(F)c4)cc3C2)cc1. The Morgan fingerprint density at radius 3 is 2.48 bits per heavy atom. The molecular formula is C24H24FNO4S. The lowest BCUT2D eigenvalue weighted by Crippen LogP contribution is -2.32. The molecule has 31 heavy (non-hydrogen) atoms. The highest BCUT2D eigenvalue weighted by molar-refractivity contribution is 7.89. The first-order valence-corrected chi connectivity index (χ1v) is 11.5. The fourth-order valence-electron chi connectivity index (χ4n) is 3.49. The van der Waals surface area contributed by atoms with Crippen LogP contribution >= 0.6 is 0 Å². The van der Waals surface area contributed by atoms with Crippen LogP contribution in [0.15, 0.2) is 71.6 Å². The second-order valence-electron chi connectivity index (χ2n) is 7.56. The van der Waals surface area contributed by atoms with Crippen molar-refractivity contribution in [2.75, 3.05) is 13.2 Å². The van der Waals surface area contributed by atoms with E-state index in [1.165, 1.54) is 16.4 Å². The van der Waals surface area contributed by atoms with Crippen molar-refractivity contribution >= 4 is 10.0 Å². The molecule has 1 heterocycles. The van der Waals surface area contributed by atoms with E-state index in [0.717, 1.165) is 22.3 Å². The number of hydrogen-bond donors (Lipinski definition) is 0. The van der Waals surface area contributed by atoms with E-state index >= 15 is 0 Å². The van der Waals surface area contributed by atoms with E-state index in [-0.39, 0.29) is 30.4 Å². The first-order chi connectivity index (χ1) is 14.9. The number of sulfonamides is 1. The number of halogens is 1. The largest absolute Gasteiger partial charge is 0.492 e. The van der Waals surface area contributed by atoms with Crippen LogP contribution in [0.3, 0.4) is 0 Å². The molecule has 3 aromatic rings. The molecule has 0 atom stereocenters. The zero-order valence-electron chi connectivity index (χ0n) is 17.3. The molecule has 0 radical (unpaired) electrons. The summed E-state index contributed by atoms with van der Waals surface area (Å²) in [7, 11) is -3.63. The summed E-state index contributed by atoms with van der Waals surface area (Å²) in [6, 6.07) is 18.8. The van der Waals surface area contributed by atoms with E-state index in [1.807, 2.05) is 31.2 Å². The van der Waals surface area contributed by atoms with Crippen LogP contribution in [-0.4, -0.2) is 25.9 Å². The van der Waals surface area contributed by atoms with E-state index in [0.29, 0.717) is 19.0 Å². The molecule has 0 saturated carbocycles. The number of ether oxygens (including phenoxy) is 2. The van der Waals surface area contributed by atoms with Crippen molar-refractivity contribution in [3.63, 3.8) is 0 Å². The number of hydrogen-bond acceptors (Lipinski definition) is 4. The van der Waals surface area contributed by atoms with Crippen molar-refractivity contribution in [1.29, 1.82) is 0 Å². The van der Waals surface area contributed by atoms with Crippen LogP contribution in [0.4, 0.5) is 4.39 Å². The van der Waals surface area contributed by atoms with Gasteiger partial charge in [-0.1, -0.05) is 35.9 Å². The van der Waals surface area contributed by atoms with E-state index in [1.54, 1.807) is 30.3 Å². The van der Waals surface area contributed by atoms with Crippen molar-refractivity contribution in [3.05, 3.63) is 94.8 Å². The third-order valence-corrected chi connectivity index (χ3v) is 7.01. The molecule has 0 saturated heterocycles. The van der Waals surface area contributed by atoms with Crippen LogP contribution in [0.1, 0.15) is 22.3 Å². The van der Waals surface area contributed by atoms with Gasteiger partial charge in [0, 0.05) is 18.7 Å². The first kappa shape index (κ1) is 21.5. The van der Waals surface area contributed by atoms with Gasteiger partial charge in [0.05, 0.1) is 18.1 Å². The summed E-state index contributed by atoms with van der Waals surface area (Å²) in [5.41, 5.74) is 3.45. The molecule has 4 rings (SSSR count). The predicted molar refractivity (Wildman–Crippen MR) is 116 cm³/mol. The van der Waals surface area contributed by atoms with Crippen molar-refractivity contribution in [2.24, 2.45) is 0 Å². The van der Waals surface area contributed by atoms with Gasteiger partial charge in [0.1, 0.15) is 18.2 Å². The summed E-state index contributed by atoms with van der Waals surface area (Å²) in [6.45, 7) is 3.32. The van der Waals surface area contributed by atoms with Crippen LogP contribution in [-0.2, 0) is 34.5 Å². The molecule has 0 fully saturated rings. The molecule has 0 unspecified atom stereocenters. The highest BCUT2D eigenvalue weighted by atomic mass is 32.2. The average Bonchev–Trinajstić information content (AvgIpc) is 2.97. The lowest BCUT2D eigenvalue weighted by Gasteiger charge is -2.20. The van der Waals surface area contributed by atoms with Crippen LogP contribution in [0.5, 0.6) is 5.75 Å². The maximum atomic E-state index is 13.3. The van der Waals surface area contributed by atoms with Gasteiger partial charge in [0.25, 0.3) is 0 Å². The molecule has 1 aliphatic rings. The molecule has 162 valence electrons. The van der Waals surface area contributed by atoms with Gasteiger partial charge in [-0.25, -0.2) is 12.8 Å². The van der Waals surface area contributed by atoms with E-state index in [2.05, 4.69) is 0 Å². The molecule has 0 amide bonds. The molecule has 0 aliphatic carbocycles. The van der Waals surface area contributed by atoms with Crippen molar-refractivity contribution < 1.29 is 22.3 Å². The first-order valence-electron chi connectivity index (χ1n) is 10.1. The van der Waals surface area contributed by atoms with Gasteiger partial charge in [0.2, 0.25) is 10.0 Å². The molecular weight excluding hydrogens is 417 g/mol. The summed E-state index contributed by atoms with van der Waals surface area (Å²) in [5, 5.41) is 0. The number of aryl methyl sites for hydroxylation is 1. The van der Waals surface area contributed by atoms with Crippen LogP contribution in [0, 0.1) is 12.7 Å². The summed E-state index contributed by atoms with van der Waals surface area (Å²) >= 11 is 0. The highest BCUT2D eigenvalue weighted by Gasteiger charge is 2.27. The van der Waals surface area contributed by atoms with Gasteiger partial charge in [-0.2, -0.15) is 4.31 Å². The normalized spacial score (nSPS) is 14.5. The molecule has 0 spiro atoms. The molecule has 0 aromatic heterocycles. The van der Waals surface area contributed by atoms with Crippen molar-refractivity contribution in [2.45, 2.75) is 31.6 Å². The quantitative estimate of drug-likeness (QED) is 0.568. The molecule has 1 aliphatic heterocycles. The van der Waals surface area contributed by atoms with E-state index in [9.17, 15) is 12.8 Å². The second-order valence-corrected chi connectivity index (χ2v) is 9.50. The summed E-state index contributed by atoms with van der Waals surface area (Å²) < 4.78 is 52.5. The maximum Gasteiger partial charge on any atom is 0.243 e. The number of fused-ring (bicyclic) bond motifs is 1. The minimum atomic E-state index is -3.63. The predicted octanol–water partition coefficient (Wildman–Crippen LogP) is 4.43. The Bertz CT molecular complexity index is 1160. The number of rotatable bonds is 6. The zero-order chi connectivity index (χ0) is 21.8. The van der Waals surface area contributed by atoms with Crippen molar-refractivity contribution in [1.82, 2.24) is 4.31 Å². The number of benzene rings is 3.